The summed E-state index contributed by atoms with van der Waals surface area (Å²) in [6.07, 6.45) is -3.21. The molecule has 26 heavy (non-hydrogen) atoms. The van der Waals surface area contributed by atoms with Gasteiger partial charge in [-0.25, -0.2) is 0 Å². The molecular weight excluding hydrogens is 340 g/mol. The van der Waals surface area contributed by atoms with Crippen LogP contribution in [0.4, 0.5) is 0 Å². The largest absolute Gasteiger partial charge is 0.460 e. The smallest absolute Gasteiger partial charge is 0.223 e. The number of aromatic nitrogens is 1. The Morgan fingerprint density at radius 1 is 1.31 bits per heavy atom. The second-order valence-corrected chi connectivity index (χ2v) is 6.33. The van der Waals surface area contributed by atoms with Gasteiger partial charge in [-0.2, -0.15) is 0 Å². The second-order valence-electron chi connectivity index (χ2n) is 6.33. The Morgan fingerprint density at radius 2 is 2.08 bits per heavy atom. The van der Waals surface area contributed by atoms with Gasteiger partial charge in [0.05, 0.1) is 6.61 Å². The molecule has 0 spiro atoms. The van der Waals surface area contributed by atoms with Gasteiger partial charge in [-0.05, 0) is 24.6 Å². The molecule has 2 heterocycles. The van der Waals surface area contributed by atoms with Gasteiger partial charge >= 0.3 is 0 Å². The highest BCUT2D eigenvalue weighted by molar-refractivity contribution is 5.87. The number of para-hydroxylation sites is 1. The van der Waals surface area contributed by atoms with E-state index in [1.54, 1.807) is 18.3 Å². The number of pyridine rings is 1. The highest BCUT2D eigenvalue weighted by atomic mass is 16.7. The Bertz CT molecular complexity index is 798. The Balaban J connectivity index is 1.95. The fraction of sp³-hybridized carbons (Fsp3) is 0.444. The minimum Gasteiger partial charge on any atom is -0.460 e. The van der Waals surface area contributed by atoms with Crippen molar-refractivity contribution in [2.75, 3.05) is 6.61 Å². The average molecular weight is 362 g/mol. The fourth-order valence-electron chi connectivity index (χ4n) is 3.08. The quantitative estimate of drug-likeness (QED) is 0.598. The number of amides is 1. The number of nitrogens with one attached hydrogen (secondary N) is 1. The number of rotatable bonds is 4. The van der Waals surface area contributed by atoms with Crippen molar-refractivity contribution in [1.82, 2.24) is 10.3 Å². The van der Waals surface area contributed by atoms with E-state index < -0.39 is 43.2 Å². The van der Waals surface area contributed by atoms with Crippen LogP contribution in [0.2, 0.25) is 0 Å². The molecule has 1 amide bonds. The van der Waals surface area contributed by atoms with E-state index in [4.69, 9.17) is 9.47 Å². The van der Waals surface area contributed by atoms with Crippen molar-refractivity contribution in [3.63, 3.8) is 0 Å². The zero-order valence-electron chi connectivity index (χ0n) is 14.5. The molecule has 5 atom stereocenters. The molecule has 0 radical (unpaired) electrons. The summed E-state index contributed by atoms with van der Waals surface area (Å²) in [5.41, 5.74) is 1.63. The summed E-state index contributed by atoms with van der Waals surface area (Å²) < 4.78 is 11.5. The monoisotopic (exact) mass is 362 g/mol. The molecule has 0 saturated carbocycles. The summed E-state index contributed by atoms with van der Waals surface area (Å²) in [7, 11) is 0. The second kappa shape index (κ2) is 7.55. The summed E-state index contributed by atoms with van der Waals surface area (Å²) in [5.74, 6) is -0.000353. The number of benzene rings is 1. The molecule has 1 aliphatic heterocycles. The van der Waals surface area contributed by atoms with E-state index in [-0.39, 0.29) is 0 Å². The molecule has 1 aromatic heterocycles. The van der Waals surface area contributed by atoms with E-state index in [0.29, 0.717) is 11.3 Å². The van der Waals surface area contributed by atoms with E-state index >= 15 is 0 Å². The maximum atomic E-state index is 11.5. The van der Waals surface area contributed by atoms with Gasteiger partial charge in [-0.1, -0.05) is 12.1 Å². The van der Waals surface area contributed by atoms with Crippen molar-refractivity contribution >= 4 is 16.8 Å². The number of hydrogen-bond acceptors (Lipinski definition) is 7. The Kier molecular flexibility index (Phi) is 5.38. The lowest BCUT2D eigenvalue weighted by atomic mass is 9.97. The number of aryl methyl sites for hydroxylation is 1. The summed E-state index contributed by atoms with van der Waals surface area (Å²) >= 11 is 0. The summed E-state index contributed by atoms with van der Waals surface area (Å²) in [4.78, 5) is 15.8. The van der Waals surface area contributed by atoms with Crippen LogP contribution in [-0.2, 0) is 9.53 Å². The van der Waals surface area contributed by atoms with Gasteiger partial charge in [0.2, 0.25) is 12.2 Å². The minimum atomic E-state index is -1.36. The van der Waals surface area contributed by atoms with E-state index in [9.17, 15) is 20.1 Å². The van der Waals surface area contributed by atoms with E-state index in [1.165, 1.54) is 6.92 Å². The number of ether oxygens (including phenoxy) is 2. The predicted octanol–water partition coefficient (Wildman–Crippen LogP) is -0.134. The topological polar surface area (TPSA) is 121 Å². The van der Waals surface area contributed by atoms with Gasteiger partial charge in [-0.15, -0.1) is 0 Å². The molecule has 4 unspecified atom stereocenters. The lowest BCUT2D eigenvalue weighted by molar-refractivity contribution is -0.244. The third-order valence-electron chi connectivity index (χ3n) is 4.45. The van der Waals surface area contributed by atoms with Crippen molar-refractivity contribution in [3.8, 4) is 5.75 Å². The molecular formula is C18H22N2O6. The maximum Gasteiger partial charge on any atom is 0.223 e. The molecule has 4 N–H and O–H groups in total. The van der Waals surface area contributed by atoms with Crippen molar-refractivity contribution in [2.24, 2.45) is 0 Å². The zero-order chi connectivity index (χ0) is 18.8. The van der Waals surface area contributed by atoms with E-state index in [2.05, 4.69) is 10.3 Å². The molecule has 3 rings (SSSR count). The highest BCUT2D eigenvalue weighted by Crippen LogP contribution is 2.29. The SMILES string of the molecule is CC(=O)N[C@@H]1C(Oc2cccc3c(C)ccnc23)OC(CO)C(O)C1O. The number of carbonyl (C=O) groups is 1. The molecule has 0 bridgehead atoms. The molecule has 2 aromatic rings. The zero-order valence-corrected chi connectivity index (χ0v) is 14.5. The van der Waals surface area contributed by atoms with Gasteiger partial charge in [0.15, 0.2) is 0 Å². The predicted molar refractivity (Wildman–Crippen MR) is 92.5 cm³/mol. The van der Waals surface area contributed by atoms with Crippen molar-refractivity contribution in [3.05, 3.63) is 36.0 Å². The average Bonchev–Trinajstić information content (AvgIpc) is 2.61. The first-order valence-corrected chi connectivity index (χ1v) is 8.33. The first kappa shape index (κ1) is 18.5. The third kappa shape index (κ3) is 3.49. The number of aliphatic hydroxyl groups excluding tert-OH is 3. The van der Waals surface area contributed by atoms with Crippen LogP contribution in [0, 0.1) is 6.92 Å². The van der Waals surface area contributed by atoms with Crippen LogP contribution < -0.4 is 10.1 Å². The van der Waals surface area contributed by atoms with Crippen LogP contribution >= 0.6 is 0 Å². The number of nitrogens with zero attached hydrogens (tertiary/aromatic N) is 1. The molecule has 1 saturated heterocycles. The standard InChI is InChI=1S/C18H22N2O6/c1-9-6-7-19-14-11(9)4-3-5-12(14)25-18-15(20-10(2)22)17(24)16(23)13(8-21)26-18/h3-7,13,15-18,21,23-24H,8H2,1-2H3,(H,20,22)/t13?,15-,16?,17?,18?/m0/s1. The van der Waals surface area contributed by atoms with Gasteiger partial charge < -0.3 is 30.1 Å². The molecule has 0 aliphatic carbocycles. The lowest BCUT2D eigenvalue weighted by Gasteiger charge is -2.42. The van der Waals surface area contributed by atoms with Crippen LogP contribution in [0.15, 0.2) is 30.5 Å². The normalized spacial score (nSPS) is 28.7. The molecule has 140 valence electrons. The first-order chi connectivity index (χ1) is 12.4. The third-order valence-corrected chi connectivity index (χ3v) is 4.45. The summed E-state index contributed by atoms with van der Waals surface area (Å²) in [5, 5.41) is 33.2. The van der Waals surface area contributed by atoms with Crippen LogP contribution in [0.1, 0.15) is 12.5 Å². The number of carbonyl (C=O) groups excluding carboxylic acids is 1. The van der Waals surface area contributed by atoms with E-state index in [0.717, 1.165) is 10.9 Å². The van der Waals surface area contributed by atoms with Gasteiger partial charge in [-0.3, -0.25) is 9.78 Å². The van der Waals surface area contributed by atoms with Gasteiger partial charge in [0, 0.05) is 18.5 Å². The van der Waals surface area contributed by atoms with Crippen LogP contribution in [0.5, 0.6) is 5.75 Å². The molecule has 8 heteroatoms. The Hall–Kier alpha value is -2.26. The Labute approximate surface area is 150 Å². The molecule has 1 aromatic carbocycles. The lowest BCUT2D eigenvalue weighted by Crippen LogP contribution is -2.65. The van der Waals surface area contributed by atoms with Gasteiger partial charge in [0.1, 0.15) is 35.6 Å². The van der Waals surface area contributed by atoms with Gasteiger partial charge in [0.25, 0.3) is 0 Å². The molecule has 1 aliphatic rings. The first-order valence-electron chi connectivity index (χ1n) is 8.33. The van der Waals surface area contributed by atoms with E-state index in [1.807, 2.05) is 19.1 Å². The highest BCUT2D eigenvalue weighted by Gasteiger charge is 2.46. The minimum absolute atomic E-state index is 0.409. The molecule has 8 nitrogen and oxygen atoms in total. The number of hydrogen-bond donors (Lipinski definition) is 4. The van der Waals surface area contributed by atoms with Crippen LogP contribution in [0.25, 0.3) is 10.9 Å². The molecule has 1 fully saturated rings. The Morgan fingerprint density at radius 3 is 2.77 bits per heavy atom. The number of fused-ring (bicyclic) bond motifs is 1. The fourth-order valence-corrected chi connectivity index (χ4v) is 3.08. The summed E-state index contributed by atoms with van der Waals surface area (Å²) in [6, 6.07) is 6.29. The van der Waals surface area contributed by atoms with Crippen molar-refractivity contribution < 1.29 is 29.6 Å². The summed E-state index contributed by atoms with van der Waals surface area (Å²) in [6.45, 7) is 2.74. The number of aliphatic hydroxyl groups is 3. The van der Waals surface area contributed by atoms with Crippen molar-refractivity contribution in [1.29, 1.82) is 0 Å². The van der Waals surface area contributed by atoms with Crippen LogP contribution in [0.3, 0.4) is 0 Å². The van der Waals surface area contributed by atoms with Crippen LogP contribution in [-0.4, -0.2) is 63.5 Å². The van der Waals surface area contributed by atoms with Crippen molar-refractivity contribution in [2.45, 2.75) is 44.5 Å². The maximum absolute atomic E-state index is 11.5.